The molecule has 0 fully saturated rings. The molecule has 1 heterocycles. The molecule has 0 radical (unpaired) electrons. The third-order valence-corrected chi connectivity index (χ3v) is 3.53. The Balaban J connectivity index is 2.63. The molecule has 4 heteroatoms. The highest BCUT2D eigenvalue weighted by Gasteiger charge is 2.21. The molecule has 2 rings (SSSR count). The van der Waals surface area contributed by atoms with Crippen molar-refractivity contribution >= 4 is 17.4 Å². The summed E-state index contributed by atoms with van der Waals surface area (Å²) < 4.78 is 0. The topological polar surface area (TPSA) is 37.8 Å². The van der Waals surface area contributed by atoms with Gasteiger partial charge >= 0.3 is 0 Å². The second-order valence-corrected chi connectivity index (χ2v) is 6.59. The van der Waals surface area contributed by atoms with Crippen molar-refractivity contribution in [1.82, 2.24) is 9.97 Å². The van der Waals surface area contributed by atoms with Gasteiger partial charge in [-0.3, -0.25) is 0 Å². The fourth-order valence-electron chi connectivity index (χ4n) is 2.08. The summed E-state index contributed by atoms with van der Waals surface area (Å²) in [6.45, 7) is 11.3. The van der Waals surface area contributed by atoms with Gasteiger partial charge in [0.05, 0.1) is 5.69 Å². The average molecular weight is 304 g/mol. The highest BCUT2D eigenvalue weighted by atomic mass is 35.5. The Morgan fingerprint density at radius 1 is 1.10 bits per heavy atom. The normalized spacial score (nSPS) is 11.5. The van der Waals surface area contributed by atoms with E-state index in [1.54, 1.807) is 0 Å². The van der Waals surface area contributed by atoms with Crippen molar-refractivity contribution in [3.63, 3.8) is 0 Å². The van der Waals surface area contributed by atoms with Crippen LogP contribution >= 0.6 is 11.6 Å². The zero-order valence-corrected chi connectivity index (χ0v) is 14.0. The first-order valence-corrected chi connectivity index (χ1v) is 7.59. The van der Waals surface area contributed by atoms with E-state index in [1.165, 1.54) is 0 Å². The molecule has 0 spiro atoms. The maximum atomic E-state index is 5.98. The molecule has 112 valence electrons. The second-order valence-electron chi connectivity index (χ2n) is 6.16. The Kier molecular flexibility index (Phi) is 4.52. The molecule has 1 aromatic carbocycles. The predicted octanol–water partition coefficient (Wildman–Crippen LogP) is 4.83. The van der Waals surface area contributed by atoms with E-state index < -0.39 is 0 Å². The quantitative estimate of drug-likeness (QED) is 0.882. The number of rotatable bonds is 3. The summed E-state index contributed by atoms with van der Waals surface area (Å²) >= 11 is 5.98. The van der Waals surface area contributed by atoms with Gasteiger partial charge in [0.2, 0.25) is 0 Å². The number of hydrogen-bond donors (Lipinski definition) is 1. The standard InChI is InChI=1S/C17H22ClN3/c1-6-19-15-11(2)14(12-7-9-13(18)10-8-12)20-16(21-15)17(3,4)5/h7-10H,6H2,1-5H3,(H,19,20,21). The Morgan fingerprint density at radius 3 is 2.24 bits per heavy atom. The lowest BCUT2D eigenvalue weighted by atomic mass is 9.95. The molecule has 0 aliphatic rings. The summed E-state index contributed by atoms with van der Waals surface area (Å²) in [7, 11) is 0. The highest BCUT2D eigenvalue weighted by Crippen LogP contribution is 2.30. The minimum atomic E-state index is -0.0982. The molecule has 1 aromatic heterocycles. The maximum Gasteiger partial charge on any atom is 0.136 e. The largest absolute Gasteiger partial charge is 0.370 e. The van der Waals surface area contributed by atoms with E-state index in [9.17, 15) is 0 Å². The van der Waals surface area contributed by atoms with Crippen LogP contribution in [0, 0.1) is 6.92 Å². The van der Waals surface area contributed by atoms with Gasteiger partial charge in [-0.25, -0.2) is 9.97 Å². The fourth-order valence-corrected chi connectivity index (χ4v) is 2.21. The number of nitrogens with one attached hydrogen (secondary N) is 1. The lowest BCUT2D eigenvalue weighted by Gasteiger charge is -2.21. The van der Waals surface area contributed by atoms with Crippen molar-refractivity contribution in [2.24, 2.45) is 0 Å². The van der Waals surface area contributed by atoms with Gasteiger partial charge in [-0.05, 0) is 26.0 Å². The number of anilines is 1. The van der Waals surface area contributed by atoms with E-state index in [0.29, 0.717) is 0 Å². The molecule has 0 bridgehead atoms. The van der Waals surface area contributed by atoms with Crippen molar-refractivity contribution in [2.45, 2.75) is 40.0 Å². The Labute approximate surface area is 131 Å². The lowest BCUT2D eigenvalue weighted by Crippen LogP contribution is -2.19. The molecule has 21 heavy (non-hydrogen) atoms. The van der Waals surface area contributed by atoms with Crippen LogP contribution in [0.3, 0.4) is 0 Å². The summed E-state index contributed by atoms with van der Waals surface area (Å²) in [5.41, 5.74) is 2.98. The van der Waals surface area contributed by atoms with Crippen LogP contribution in [0.5, 0.6) is 0 Å². The third kappa shape index (κ3) is 3.53. The molecule has 0 aliphatic carbocycles. The SMILES string of the molecule is CCNc1nc(C(C)(C)C)nc(-c2ccc(Cl)cc2)c1C. The molecule has 0 saturated heterocycles. The molecule has 0 amide bonds. The first-order valence-electron chi connectivity index (χ1n) is 7.22. The summed E-state index contributed by atoms with van der Waals surface area (Å²) in [5.74, 6) is 1.75. The number of nitrogens with zero attached hydrogens (tertiary/aromatic N) is 2. The number of benzene rings is 1. The minimum Gasteiger partial charge on any atom is -0.370 e. The molecule has 0 atom stereocenters. The summed E-state index contributed by atoms with van der Waals surface area (Å²) in [4.78, 5) is 9.48. The molecule has 0 saturated carbocycles. The van der Waals surface area contributed by atoms with E-state index in [1.807, 2.05) is 31.2 Å². The van der Waals surface area contributed by atoms with E-state index in [2.05, 4.69) is 38.0 Å². The predicted molar refractivity (Wildman–Crippen MR) is 90.1 cm³/mol. The van der Waals surface area contributed by atoms with Gasteiger partial charge < -0.3 is 5.32 Å². The summed E-state index contributed by atoms with van der Waals surface area (Å²) in [6.07, 6.45) is 0. The number of halogens is 1. The van der Waals surface area contributed by atoms with Crippen molar-refractivity contribution in [3.8, 4) is 11.3 Å². The van der Waals surface area contributed by atoms with Gasteiger partial charge in [-0.2, -0.15) is 0 Å². The molecule has 3 nitrogen and oxygen atoms in total. The van der Waals surface area contributed by atoms with Crippen LogP contribution in [-0.4, -0.2) is 16.5 Å². The maximum absolute atomic E-state index is 5.98. The van der Waals surface area contributed by atoms with Crippen LogP contribution in [0.2, 0.25) is 5.02 Å². The molecule has 1 N–H and O–H groups in total. The Hall–Kier alpha value is -1.61. The van der Waals surface area contributed by atoms with Crippen LogP contribution in [-0.2, 0) is 5.41 Å². The third-order valence-electron chi connectivity index (χ3n) is 3.28. The van der Waals surface area contributed by atoms with Crippen LogP contribution in [0.15, 0.2) is 24.3 Å². The average Bonchev–Trinajstić information content (AvgIpc) is 2.41. The van der Waals surface area contributed by atoms with Crippen molar-refractivity contribution in [3.05, 3.63) is 40.7 Å². The minimum absolute atomic E-state index is 0.0982. The van der Waals surface area contributed by atoms with Crippen LogP contribution in [0.4, 0.5) is 5.82 Å². The van der Waals surface area contributed by atoms with Crippen molar-refractivity contribution < 1.29 is 0 Å². The monoisotopic (exact) mass is 303 g/mol. The molecule has 2 aromatic rings. The van der Waals surface area contributed by atoms with Gasteiger partial charge in [-0.15, -0.1) is 0 Å². The second kappa shape index (κ2) is 6.02. The highest BCUT2D eigenvalue weighted by molar-refractivity contribution is 6.30. The molecular formula is C17H22ClN3. The van der Waals surface area contributed by atoms with E-state index in [4.69, 9.17) is 16.6 Å². The molecule has 0 aliphatic heterocycles. The number of hydrogen-bond acceptors (Lipinski definition) is 3. The number of aromatic nitrogens is 2. The van der Waals surface area contributed by atoms with E-state index in [-0.39, 0.29) is 5.41 Å². The van der Waals surface area contributed by atoms with Gasteiger partial charge in [0, 0.05) is 28.1 Å². The summed E-state index contributed by atoms with van der Waals surface area (Å²) in [6, 6.07) is 7.78. The van der Waals surface area contributed by atoms with Gasteiger partial charge in [0.1, 0.15) is 11.6 Å². The Bertz CT molecular complexity index is 628. The van der Waals surface area contributed by atoms with Gasteiger partial charge in [-0.1, -0.05) is 44.5 Å². The van der Waals surface area contributed by atoms with Crippen molar-refractivity contribution in [2.75, 3.05) is 11.9 Å². The van der Waals surface area contributed by atoms with Crippen LogP contribution in [0.25, 0.3) is 11.3 Å². The lowest BCUT2D eigenvalue weighted by molar-refractivity contribution is 0.546. The molecule has 0 unspecified atom stereocenters. The fraction of sp³-hybridized carbons (Fsp3) is 0.412. The first kappa shape index (κ1) is 15.8. The van der Waals surface area contributed by atoms with Crippen molar-refractivity contribution in [1.29, 1.82) is 0 Å². The van der Waals surface area contributed by atoms with Gasteiger partial charge in [0.25, 0.3) is 0 Å². The van der Waals surface area contributed by atoms with Crippen LogP contribution in [0.1, 0.15) is 39.1 Å². The van der Waals surface area contributed by atoms with E-state index in [0.717, 1.165) is 40.0 Å². The Morgan fingerprint density at radius 2 is 1.71 bits per heavy atom. The summed E-state index contributed by atoms with van der Waals surface area (Å²) in [5, 5.41) is 4.06. The smallest absolute Gasteiger partial charge is 0.136 e. The van der Waals surface area contributed by atoms with Gasteiger partial charge in [0.15, 0.2) is 0 Å². The zero-order valence-electron chi connectivity index (χ0n) is 13.3. The first-order chi connectivity index (χ1) is 9.82. The zero-order chi connectivity index (χ0) is 15.6. The van der Waals surface area contributed by atoms with E-state index >= 15 is 0 Å². The molecular weight excluding hydrogens is 282 g/mol. The van der Waals surface area contributed by atoms with Crippen LogP contribution < -0.4 is 5.32 Å².